The molecule has 0 N–H and O–H groups in total. The van der Waals surface area contributed by atoms with E-state index in [1.807, 2.05) is 24.3 Å². The first kappa shape index (κ1) is 17.4. The van der Waals surface area contributed by atoms with Crippen molar-refractivity contribution in [2.45, 2.75) is 19.8 Å². The standard InChI is InChI=1S/C19H19NO4/c1-2-3-14-24-18-11-4-15(5-12-18)6-13-19(21)16-7-9-17(10-8-16)20(22)23/h4-13H,2-3,14H2,1H3/b13-6+. The molecule has 0 radical (unpaired) electrons. The fraction of sp³-hybridized carbons (Fsp3) is 0.211. The number of ether oxygens (including phenoxy) is 1. The van der Waals surface area contributed by atoms with E-state index in [0.717, 1.165) is 24.2 Å². The van der Waals surface area contributed by atoms with Gasteiger partial charge in [-0.1, -0.05) is 31.6 Å². The van der Waals surface area contributed by atoms with Crippen LogP contribution >= 0.6 is 0 Å². The highest BCUT2D eigenvalue weighted by atomic mass is 16.6. The van der Waals surface area contributed by atoms with Crippen molar-refractivity contribution in [3.63, 3.8) is 0 Å². The van der Waals surface area contributed by atoms with Crippen molar-refractivity contribution in [2.75, 3.05) is 6.61 Å². The number of nitrogens with zero attached hydrogens (tertiary/aromatic N) is 1. The van der Waals surface area contributed by atoms with E-state index in [4.69, 9.17) is 4.74 Å². The number of hydrogen-bond acceptors (Lipinski definition) is 4. The fourth-order valence-corrected chi connectivity index (χ4v) is 2.03. The van der Waals surface area contributed by atoms with Gasteiger partial charge in [-0.05, 0) is 42.3 Å². The number of ketones is 1. The van der Waals surface area contributed by atoms with Crippen LogP contribution in [-0.2, 0) is 0 Å². The maximum Gasteiger partial charge on any atom is 0.269 e. The lowest BCUT2D eigenvalue weighted by Gasteiger charge is -2.05. The topological polar surface area (TPSA) is 69.4 Å². The molecule has 0 saturated heterocycles. The Morgan fingerprint density at radius 2 is 1.79 bits per heavy atom. The number of benzene rings is 2. The highest BCUT2D eigenvalue weighted by molar-refractivity contribution is 6.06. The fourth-order valence-electron chi connectivity index (χ4n) is 2.03. The van der Waals surface area contributed by atoms with E-state index in [0.29, 0.717) is 12.2 Å². The van der Waals surface area contributed by atoms with Crippen LogP contribution in [0.4, 0.5) is 5.69 Å². The Bertz CT molecular complexity index is 718. The van der Waals surface area contributed by atoms with E-state index in [9.17, 15) is 14.9 Å². The molecule has 0 heterocycles. The molecule has 2 aromatic carbocycles. The average Bonchev–Trinajstić information content (AvgIpc) is 2.61. The highest BCUT2D eigenvalue weighted by Crippen LogP contribution is 2.15. The molecule has 5 heteroatoms. The van der Waals surface area contributed by atoms with Gasteiger partial charge < -0.3 is 4.74 Å². The number of hydrogen-bond donors (Lipinski definition) is 0. The molecular weight excluding hydrogens is 306 g/mol. The van der Waals surface area contributed by atoms with Crippen LogP contribution in [0.15, 0.2) is 54.6 Å². The SMILES string of the molecule is CCCCOc1ccc(/C=C/C(=O)c2ccc([N+](=O)[O-])cc2)cc1. The lowest BCUT2D eigenvalue weighted by molar-refractivity contribution is -0.384. The van der Waals surface area contributed by atoms with Crippen molar-refractivity contribution in [1.82, 2.24) is 0 Å². The molecule has 2 rings (SSSR count). The number of allylic oxidation sites excluding steroid dienone is 1. The van der Waals surface area contributed by atoms with Crippen LogP contribution < -0.4 is 4.74 Å². The summed E-state index contributed by atoms with van der Waals surface area (Å²) < 4.78 is 5.58. The average molecular weight is 325 g/mol. The highest BCUT2D eigenvalue weighted by Gasteiger charge is 2.07. The Kier molecular flexibility index (Phi) is 6.25. The number of unbranched alkanes of at least 4 members (excludes halogenated alkanes) is 1. The van der Waals surface area contributed by atoms with Crippen molar-refractivity contribution in [2.24, 2.45) is 0 Å². The Labute approximate surface area is 140 Å². The van der Waals surface area contributed by atoms with Gasteiger partial charge in [0.1, 0.15) is 5.75 Å². The van der Waals surface area contributed by atoms with Gasteiger partial charge in [0.25, 0.3) is 5.69 Å². The molecule has 0 aliphatic rings. The summed E-state index contributed by atoms with van der Waals surface area (Å²) in [5.41, 5.74) is 1.26. The van der Waals surface area contributed by atoms with Gasteiger partial charge in [0, 0.05) is 17.7 Å². The van der Waals surface area contributed by atoms with Crippen molar-refractivity contribution >= 4 is 17.5 Å². The zero-order chi connectivity index (χ0) is 17.4. The first-order valence-corrected chi connectivity index (χ1v) is 7.80. The predicted molar refractivity (Wildman–Crippen MR) is 93.3 cm³/mol. The summed E-state index contributed by atoms with van der Waals surface area (Å²) in [4.78, 5) is 22.2. The number of non-ortho nitro benzene ring substituents is 1. The number of nitro benzene ring substituents is 1. The number of rotatable bonds is 8. The Balaban J connectivity index is 1.96. The molecule has 0 aliphatic heterocycles. The Hall–Kier alpha value is -2.95. The van der Waals surface area contributed by atoms with Crippen LogP contribution in [-0.4, -0.2) is 17.3 Å². The van der Waals surface area contributed by atoms with E-state index in [2.05, 4.69) is 6.92 Å². The second-order valence-electron chi connectivity index (χ2n) is 5.27. The zero-order valence-electron chi connectivity index (χ0n) is 13.5. The van der Waals surface area contributed by atoms with Crippen molar-refractivity contribution in [3.8, 4) is 5.75 Å². The summed E-state index contributed by atoms with van der Waals surface area (Å²) in [6.07, 6.45) is 5.27. The summed E-state index contributed by atoms with van der Waals surface area (Å²) in [6.45, 7) is 2.81. The molecule has 0 unspecified atom stereocenters. The molecule has 0 saturated carbocycles. The number of carbonyl (C=O) groups is 1. The summed E-state index contributed by atoms with van der Waals surface area (Å²) in [6, 6.07) is 13.0. The van der Waals surface area contributed by atoms with Crippen LogP contribution in [0.2, 0.25) is 0 Å². The van der Waals surface area contributed by atoms with Crippen LogP contribution in [0.3, 0.4) is 0 Å². The Morgan fingerprint density at radius 1 is 1.12 bits per heavy atom. The van der Waals surface area contributed by atoms with Crippen molar-refractivity contribution in [1.29, 1.82) is 0 Å². The lowest BCUT2D eigenvalue weighted by Crippen LogP contribution is -1.96. The largest absolute Gasteiger partial charge is 0.494 e. The zero-order valence-corrected chi connectivity index (χ0v) is 13.5. The first-order chi connectivity index (χ1) is 11.6. The molecule has 24 heavy (non-hydrogen) atoms. The van der Waals surface area contributed by atoms with E-state index >= 15 is 0 Å². The molecule has 0 fully saturated rings. The third-order valence-electron chi connectivity index (χ3n) is 3.44. The monoisotopic (exact) mass is 325 g/mol. The minimum Gasteiger partial charge on any atom is -0.494 e. The summed E-state index contributed by atoms with van der Waals surface area (Å²) in [7, 11) is 0. The van der Waals surface area contributed by atoms with Gasteiger partial charge in [0.05, 0.1) is 11.5 Å². The van der Waals surface area contributed by atoms with Gasteiger partial charge in [-0.15, -0.1) is 0 Å². The first-order valence-electron chi connectivity index (χ1n) is 7.80. The second kappa shape index (κ2) is 8.62. The van der Waals surface area contributed by atoms with Crippen LogP contribution in [0.5, 0.6) is 5.75 Å². The van der Waals surface area contributed by atoms with Crippen LogP contribution in [0.1, 0.15) is 35.7 Å². The van der Waals surface area contributed by atoms with Gasteiger partial charge in [0.2, 0.25) is 0 Å². The summed E-state index contributed by atoms with van der Waals surface area (Å²) in [5.74, 6) is 0.607. The van der Waals surface area contributed by atoms with E-state index < -0.39 is 4.92 Å². The summed E-state index contributed by atoms with van der Waals surface area (Å²) in [5, 5.41) is 10.6. The van der Waals surface area contributed by atoms with Gasteiger partial charge in [0.15, 0.2) is 5.78 Å². The number of carbonyl (C=O) groups excluding carboxylic acids is 1. The second-order valence-corrected chi connectivity index (χ2v) is 5.27. The third-order valence-corrected chi connectivity index (χ3v) is 3.44. The molecule has 0 atom stereocenters. The third kappa shape index (κ3) is 5.05. The van der Waals surface area contributed by atoms with Gasteiger partial charge in [-0.3, -0.25) is 14.9 Å². The molecule has 0 amide bonds. The molecule has 124 valence electrons. The van der Waals surface area contributed by atoms with Crippen molar-refractivity contribution in [3.05, 3.63) is 75.8 Å². The molecule has 5 nitrogen and oxygen atoms in total. The number of nitro groups is 1. The van der Waals surface area contributed by atoms with Gasteiger partial charge in [-0.2, -0.15) is 0 Å². The lowest BCUT2D eigenvalue weighted by atomic mass is 10.1. The van der Waals surface area contributed by atoms with Crippen LogP contribution in [0.25, 0.3) is 6.08 Å². The van der Waals surface area contributed by atoms with Gasteiger partial charge >= 0.3 is 0 Å². The van der Waals surface area contributed by atoms with E-state index in [-0.39, 0.29) is 11.5 Å². The van der Waals surface area contributed by atoms with Crippen LogP contribution in [0, 0.1) is 10.1 Å². The molecule has 0 bridgehead atoms. The molecule has 0 aromatic heterocycles. The smallest absolute Gasteiger partial charge is 0.269 e. The summed E-state index contributed by atoms with van der Waals surface area (Å²) >= 11 is 0. The normalized spacial score (nSPS) is 10.7. The minimum atomic E-state index is -0.492. The Morgan fingerprint density at radius 3 is 2.38 bits per heavy atom. The molecule has 0 aliphatic carbocycles. The molecular formula is C19H19NO4. The van der Waals surface area contributed by atoms with E-state index in [1.165, 1.54) is 30.3 Å². The minimum absolute atomic E-state index is 0.0332. The van der Waals surface area contributed by atoms with Crippen molar-refractivity contribution < 1.29 is 14.5 Å². The van der Waals surface area contributed by atoms with Gasteiger partial charge in [-0.25, -0.2) is 0 Å². The molecule has 2 aromatic rings. The van der Waals surface area contributed by atoms with E-state index in [1.54, 1.807) is 6.08 Å². The molecule has 0 spiro atoms. The quantitative estimate of drug-likeness (QED) is 0.232. The predicted octanol–water partition coefficient (Wildman–Crippen LogP) is 4.67. The maximum absolute atomic E-state index is 12.1. The maximum atomic E-state index is 12.1.